The third kappa shape index (κ3) is 6.98. The maximum atomic E-state index is 10.5. The van der Waals surface area contributed by atoms with Gasteiger partial charge in [-0.25, -0.2) is 0 Å². The first-order valence-corrected chi connectivity index (χ1v) is 4.22. The van der Waals surface area contributed by atoms with Gasteiger partial charge in [0.05, 0.1) is 5.75 Å². The maximum absolute atomic E-state index is 10.5. The van der Waals surface area contributed by atoms with E-state index in [9.17, 15) is 8.42 Å². The molecule has 1 atom stereocenters. The van der Waals surface area contributed by atoms with Crippen LogP contribution in [0.5, 0.6) is 0 Å². The predicted octanol–water partition coefficient (Wildman–Crippen LogP) is -0.991. The van der Waals surface area contributed by atoms with Gasteiger partial charge in [0.2, 0.25) is 0 Å². The van der Waals surface area contributed by atoms with Crippen LogP contribution >= 0.6 is 0 Å². The number of hydrogen-bond acceptors (Lipinski definition) is 4. The van der Waals surface area contributed by atoms with Gasteiger partial charge in [-0.3, -0.25) is 4.18 Å². The summed E-state index contributed by atoms with van der Waals surface area (Å²) in [6.07, 6.45) is -0.741. The quantitative estimate of drug-likeness (QED) is 0.341. The van der Waals surface area contributed by atoms with E-state index in [1.807, 2.05) is 0 Å². The van der Waals surface area contributed by atoms with Gasteiger partial charge in [-0.2, -0.15) is 8.42 Å². The van der Waals surface area contributed by atoms with Crippen molar-refractivity contribution in [1.82, 2.24) is 0 Å². The first-order valence-electron chi connectivity index (χ1n) is 2.64. The second kappa shape index (κ2) is 5.51. The van der Waals surface area contributed by atoms with Crippen molar-refractivity contribution in [3.8, 4) is 0 Å². The zero-order valence-electron chi connectivity index (χ0n) is 5.49. The molecule has 0 saturated heterocycles. The van der Waals surface area contributed by atoms with Gasteiger partial charge in [-0.05, 0) is 13.8 Å². The fraction of sp³-hybridized carbons (Fsp3) is 1.00. The molecule has 6 heteroatoms. The van der Waals surface area contributed by atoms with Gasteiger partial charge >= 0.3 is 29.6 Å². The molecule has 0 aromatic carbocycles. The third-order valence-corrected chi connectivity index (χ3v) is 1.96. The Morgan fingerprint density at radius 1 is 1.60 bits per heavy atom. The Bertz CT molecular complexity index is 165. The molecule has 58 valence electrons. The van der Waals surface area contributed by atoms with Crippen molar-refractivity contribution in [2.45, 2.75) is 20.1 Å². The van der Waals surface area contributed by atoms with Crippen molar-refractivity contribution in [2.75, 3.05) is 5.75 Å². The number of nitrogens with two attached hydrogens (primary N) is 1. The van der Waals surface area contributed by atoms with Gasteiger partial charge < -0.3 is 5.73 Å². The van der Waals surface area contributed by atoms with Gasteiger partial charge in [0, 0.05) is 0 Å². The van der Waals surface area contributed by atoms with E-state index in [1.165, 1.54) is 13.8 Å². The van der Waals surface area contributed by atoms with Gasteiger partial charge in [0.1, 0.15) is 6.23 Å². The monoisotopic (exact) mass is 177 g/mol. The van der Waals surface area contributed by atoms with Crippen LogP contribution < -0.4 is 5.73 Å². The van der Waals surface area contributed by atoms with Crippen molar-refractivity contribution >= 4 is 39.7 Å². The summed E-state index contributed by atoms with van der Waals surface area (Å²) in [6.45, 7) is 2.96. The van der Waals surface area contributed by atoms with E-state index in [1.54, 1.807) is 0 Å². The molecule has 0 aliphatic carbocycles. The molecule has 0 aliphatic heterocycles. The Morgan fingerprint density at radius 3 is 2.10 bits per heavy atom. The minimum atomic E-state index is -3.34. The van der Waals surface area contributed by atoms with Crippen molar-refractivity contribution in [3.63, 3.8) is 0 Å². The molecule has 0 amide bonds. The summed E-state index contributed by atoms with van der Waals surface area (Å²) in [6, 6.07) is 0. The summed E-state index contributed by atoms with van der Waals surface area (Å²) in [4.78, 5) is 0. The molecular formula is C4H12NNaO3S. The van der Waals surface area contributed by atoms with E-state index < -0.39 is 16.3 Å². The predicted molar refractivity (Wildman–Crippen MR) is 41.3 cm³/mol. The Kier molecular flexibility index (Phi) is 7.42. The SMILES string of the molecule is CCS(=O)(=O)OC(C)N.[NaH]. The zero-order chi connectivity index (χ0) is 7.49. The Labute approximate surface area is 83.5 Å². The van der Waals surface area contributed by atoms with Crippen LogP contribution in [0.1, 0.15) is 13.8 Å². The molecule has 0 fully saturated rings. The van der Waals surface area contributed by atoms with E-state index in [0.717, 1.165) is 0 Å². The van der Waals surface area contributed by atoms with E-state index in [0.29, 0.717) is 0 Å². The molecule has 0 saturated carbocycles. The van der Waals surface area contributed by atoms with Crippen LogP contribution in [0.15, 0.2) is 0 Å². The first kappa shape index (κ1) is 13.5. The van der Waals surface area contributed by atoms with Gasteiger partial charge in [-0.1, -0.05) is 0 Å². The van der Waals surface area contributed by atoms with Crippen LogP contribution in [0, 0.1) is 0 Å². The molecule has 0 bridgehead atoms. The fourth-order valence-corrected chi connectivity index (χ4v) is 0.898. The molecule has 4 nitrogen and oxygen atoms in total. The molecule has 10 heavy (non-hydrogen) atoms. The van der Waals surface area contributed by atoms with Gasteiger partial charge in [-0.15, -0.1) is 0 Å². The molecule has 0 aliphatic rings. The minimum absolute atomic E-state index is 0. The average molecular weight is 177 g/mol. The van der Waals surface area contributed by atoms with Crippen molar-refractivity contribution < 1.29 is 12.6 Å². The fourth-order valence-electron chi connectivity index (χ4n) is 0.299. The Balaban J connectivity index is 0. The number of rotatable bonds is 3. The van der Waals surface area contributed by atoms with Gasteiger partial charge in [0.15, 0.2) is 0 Å². The Hall–Kier alpha value is 0.870. The summed E-state index contributed by atoms with van der Waals surface area (Å²) < 4.78 is 25.4. The third-order valence-electron chi connectivity index (χ3n) is 0.652. The van der Waals surface area contributed by atoms with Crippen molar-refractivity contribution in [2.24, 2.45) is 5.73 Å². The number of hydrogen-bond donors (Lipinski definition) is 1. The molecule has 0 aromatic rings. The van der Waals surface area contributed by atoms with E-state index in [2.05, 4.69) is 4.18 Å². The summed E-state index contributed by atoms with van der Waals surface area (Å²) in [5.74, 6) is -0.0332. The van der Waals surface area contributed by atoms with Crippen LogP contribution in [0.4, 0.5) is 0 Å². The van der Waals surface area contributed by atoms with Gasteiger partial charge in [0.25, 0.3) is 10.1 Å². The molecule has 0 spiro atoms. The molecule has 0 radical (unpaired) electrons. The van der Waals surface area contributed by atoms with E-state index in [-0.39, 0.29) is 35.3 Å². The van der Waals surface area contributed by atoms with Crippen molar-refractivity contribution in [1.29, 1.82) is 0 Å². The molecule has 1 unspecified atom stereocenters. The zero-order valence-corrected chi connectivity index (χ0v) is 6.31. The summed E-state index contributed by atoms with van der Waals surface area (Å²) in [7, 11) is -3.34. The summed E-state index contributed by atoms with van der Waals surface area (Å²) in [5.41, 5.74) is 5.05. The van der Waals surface area contributed by atoms with Crippen molar-refractivity contribution in [3.05, 3.63) is 0 Å². The molecule has 0 heterocycles. The van der Waals surface area contributed by atoms with Crippen LogP contribution in [0.2, 0.25) is 0 Å². The molecule has 0 aromatic heterocycles. The van der Waals surface area contributed by atoms with Crippen LogP contribution in [-0.2, 0) is 14.3 Å². The molecular weight excluding hydrogens is 165 g/mol. The standard InChI is InChI=1S/C4H11NO3S.Na.H/c1-3-9(6,7)8-4(2)5;;/h4H,3,5H2,1-2H3;;. The summed E-state index contributed by atoms with van der Waals surface area (Å²) >= 11 is 0. The van der Waals surface area contributed by atoms with E-state index >= 15 is 0 Å². The molecule has 0 rings (SSSR count). The van der Waals surface area contributed by atoms with Crippen LogP contribution in [-0.4, -0.2) is 50.0 Å². The summed E-state index contributed by atoms with van der Waals surface area (Å²) in [5, 5.41) is 0. The second-order valence-electron chi connectivity index (χ2n) is 1.65. The normalized spacial score (nSPS) is 13.9. The average Bonchev–Trinajstić information content (AvgIpc) is 1.63. The van der Waals surface area contributed by atoms with Crippen LogP contribution in [0.25, 0.3) is 0 Å². The second-order valence-corrected chi connectivity index (χ2v) is 3.53. The van der Waals surface area contributed by atoms with Crippen LogP contribution in [0.3, 0.4) is 0 Å². The first-order chi connectivity index (χ1) is 3.98. The Morgan fingerprint density at radius 2 is 2.00 bits per heavy atom. The topological polar surface area (TPSA) is 69.4 Å². The van der Waals surface area contributed by atoms with E-state index in [4.69, 9.17) is 5.73 Å². The molecule has 2 N–H and O–H groups in total.